The van der Waals surface area contributed by atoms with Crippen molar-refractivity contribution in [2.45, 2.75) is 52.0 Å². The third kappa shape index (κ3) is 6.58. The van der Waals surface area contributed by atoms with E-state index >= 15 is 0 Å². The van der Waals surface area contributed by atoms with Crippen LogP contribution in [0, 0.1) is 5.82 Å². The second-order valence-electron chi connectivity index (χ2n) is 4.91. The van der Waals surface area contributed by atoms with Crippen molar-refractivity contribution in [3.05, 3.63) is 29.6 Å². The lowest BCUT2D eigenvalue weighted by molar-refractivity contribution is 0.386. The second kappa shape index (κ2) is 9.79. The molecule has 108 valence electrons. The van der Waals surface area contributed by atoms with E-state index in [1.807, 2.05) is 6.07 Å². The highest BCUT2D eigenvalue weighted by molar-refractivity contribution is 5.29. The van der Waals surface area contributed by atoms with Gasteiger partial charge in [0.2, 0.25) is 0 Å². The summed E-state index contributed by atoms with van der Waals surface area (Å²) in [6.45, 7) is 3.95. The number of hydrogen-bond donors (Lipinski definition) is 1. The van der Waals surface area contributed by atoms with E-state index in [0.29, 0.717) is 5.75 Å². The molecule has 0 atom stereocenters. The summed E-state index contributed by atoms with van der Waals surface area (Å²) in [5.74, 6) is 0.0149. The molecule has 1 aromatic rings. The van der Waals surface area contributed by atoms with Gasteiger partial charge in [-0.3, -0.25) is 0 Å². The Bertz CT molecular complexity index is 355. The lowest BCUT2D eigenvalue weighted by atomic mass is 10.1. The van der Waals surface area contributed by atoms with E-state index < -0.39 is 0 Å². The van der Waals surface area contributed by atoms with E-state index in [-0.39, 0.29) is 5.82 Å². The van der Waals surface area contributed by atoms with Crippen molar-refractivity contribution in [2.24, 2.45) is 0 Å². The summed E-state index contributed by atoms with van der Waals surface area (Å²) in [5, 5.41) is 3.35. The standard InChI is InChI=1S/C16H26FNO/c1-3-4-5-6-7-8-11-18-13-14-9-10-16(19-2)15(17)12-14/h9-10,12,18H,3-8,11,13H2,1-2H3. The van der Waals surface area contributed by atoms with Crippen molar-refractivity contribution < 1.29 is 9.13 Å². The second-order valence-corrected chi connectivity index (χ2v) is 4.91. The Morgan fingerprint density at radius 1 is 1.11 bits per heavy atom. The van der Waals surface area contributed by atoms with Crippen molar-refractivity contribution in [1.29, 1.82) is 0 Å². The molecule has 0 bridgehead atoms. The van der Waals surface area contributed by atoms with Crippen molar-refractivity contribution in [2.75, 3.05) is 13.7 Å². The van der Waals surface area contributed by atoms with E-state index in [1.54, 1.807) is 6.07 Å². The number of benzene rings is 1. The van der Waals surface area contributed by atoms with Crippen molar-refractivity contribution in [1.82, 2.24) is 5.32 Å². The van der Waals surface area contributed by atoms with E-state index in [9.17, 15) is 4.39 Å². The molecule has 0 radical (unpaired) electrons. The molecule has 0 spiro atoms. The number of methoxy groups -OCH3 is 1. The van der Waals surface area contributed by atoms with E-state index in [0.717, 1.165) is 18.7 Å². The smallest absolute Gasteiger partial charge is 0.165 e. The molecule has 0 aliphatic rings. The molecule has 0 saturated carbocycles. The maximum absolute atomic E-state index is 13.4. The molecule has 0 aliphatic heterocycles. The Kier molecular flexibility index (Phi) is 8.23. The van der Waals surface area contributed by atoms with Gasteiger partial charge in [0.05, 0.1) is 7.11 Å². The molecule has 0 heterocycles. The molecule has 0 fully saturated rings. The first kappa shape index (κ1) is 16.0. The van der Waals surface area contributed by atoms with Crippen LogP contribution in [0.15, 0.2) is 18.2 Å². The Morgan fingerprint density at radius 2 is 1.84 bits per heavy atom. The van der Waals surface area contributed by atoms with Crippen LogP contribution in [-0.2, 0) is 6.54 Å². The van der Waals surface area contributed by atoms with Crippen LogP contribution in [0.2, 0.25) is 0 Å². The summed E-state index contributed by atoms with van der Waals surface area (Å²) in [6.07, 6.45) is 7.79. The zero-order valence-electron chi connectivity index (χ0n) is 12.2. The zero-order valence-corrected chi connectivity index (χ0v) is 12.2. The lowest BCUT2D eigenvalue weighted by Crippen LogP contribution is -2.14. The minimum absolute atomic E-state index is 0.290. The average molecular weight is 267 g/mol. The van der Waals surface area contributed by atoms with E-state index in [2.05, 4.69) is 12.2 Å². The molecule has 2 nitrogen and oxygen atoms in total. The predicted molar refractivity (Wildman–Crippen MR) is 78.0 cm³/mol. The molecule has 1 rings (SSSR count). The zero-order chi connectivity index (χ0) is 13.9. The lowest BCUT2D eigenvalue weighted by Gasteiger charge is -2.07. The van der Waals surface area contributed by atoms with Gasteiger partial charge in [-0.05, 0) is 30.7 Å². The van der Waals surface area contributed by atoms with Crippen LogP contribution in [-0.4, -0.2) is 13.7 Å². The number of rotatable bonds is 10. The third-order valence-corrected chi connectivity index (χ3v) is 3.25. The third-order valence-electron chi connectivity index (χ3n) is 3.25. The molecule has 3 heteroatoms. The maximum atomic E-state index is 13.4. The van der Waals surface area contributed by atoms with Crippen LogP contribution < -0.4 is 10.1 Å². The largest absolute Gasteiger partial charge is 0.494 e. The van der Waals surface area contributed by atoms with Gasteiger partial charge in [-0.25, -0.2) is 4.39 Å². The quantitative estimate of drug-likeness (QED) is 0.639. The Morgan fingerprint density at radius 3 is 2.53 bits per heavy atom. The average Bonchev–Trinajstić information content (AvgIpc) is 2.42. The molecule has 1 aromatic carbocycles. The highest BCUT2D eigenvalue weighted by atomic mass is 19.1. The van der Waals surface area contributed by atoms with Gasteiger partial charge in [0.25, 0.3) is 0 Å². The first-order valence-electron chi connectivity index (χ1n) is 7.31. The van der Waals surface area contributed by atoms with E-state index in [4.69, 9.17) is 4.74 Å². The van der Waals surface area contributed by atoms with Crippen molar-refractivity contribution >= 4 is 0 Å². The molecule has 0 unspecified atom stereocenters. The number of unbranched alkanes of at least 4 members (excludes halogenated alkanes) is 5. The number of nitrogens with one attached hydrogen (secondary N) is 1. The topological polar surface area (TPSA) is 21.3 Å². The summed E-state index contributed by atoms with van der Waals surface area (Å²) < 4.78 is 18.3. The summed E-state index contributed by atoms with van der Waals surface area (Å²) in [5.41, 5.74) is 0.962. The van der Waals surface area contributed by atoms with Crippen molar-refractivity contribution in [3.63, 3.8) is 0 Å². The highest BCUT2D eigenvalue weighted by Crippen LogP contribution is 2.17. The number of halogens is 1. The molecule has 1 N–H and O–H groups in total. The summed E-state index contributed by atoms with van der Waals surface area (Å²) in [4.78, 5) is 0. The molecule has 0 aliphatic carbocycles. The van der Waals surface area contributed by atoms with Crippen molar-refractivity contribution in [3.8, 4) is 5.75 Å². The van der Waals surface area contributed by atoms with Gasteiger partial charge in [-0.15, -0.1) is 0 Å². The predicted octanol–water partition coefficient (Wildman–Crippen LogP) is 4.28. The summed E-state index contributed by atoms with van der Waals surface area (Å²) in [7, 11) is 1.48. The SMILES string of the molecule is CCCCCCCCNCc1ccc(OC)c(F)c1. The van der Waals surface area contributed by atoms with E-state index in [1.165, 1.54) is 51.7 Å². The maximum Gasteiger partial charge on any atom is 0.165 e. The minimum atomic E-state index is -0.290. The Labute approximate surface area is 116 Å². The normalized spacial score (nSPS) is 10.7. The fourth-order valence-electron chi connectivity index (χ4n) is 2.08. The minimum Gasteiger partial charge on any atom is -0.494 e. The fourth-order valence-corrected chi connectivity index (χ4v) is 2.08. The van der Waals surface area contributed by atoms with Gasteiger partial charge in [-0.1, -0.05) is 45.1 Å². The van der Waals surface area contributed by atoms with Crippen LogP contribution in [0.3, 0.4) is 0 Å². The molecular weight excluding hydrogens is 241 g/mol. The molecular formula is C16H26FNO. The van der Waals surface area contributed by atoms with Crippen LogP contribution in [0.25, 0.3) is 0 Å². The number of hydrogen-bond acceptors (Lipinski definition) is 2. The highest BCUT2D eigenvalue weighted by Gasteiger charge is 2.02. The first-order valence-corrected chi connectivity index (χ1v) is 7.31. The van der Waals surface area contributed by atoms with Crippen LogP contribution in [0.1, 0.15) is 51.0 Å². The van der Waals surface area contributed by atoms with Crippen LogP contribution >= 0.6 is 0 Å². The Hall–Kier alpha value is -1.09. The molecule has 0 saturated heterocycles. The van der Waals surface area contributed by atoms with Gasteiger partial charge < -0.3 is 10.1 Å². The summed E-state index contributed by atoms with van der Waals surface area (Å²) >= 11 is 0. The summed E-state index contributed by atoms with van der Waals surface area (Å²) in [6, 6.07) is 5.11. The van der Waals surface area contributed by atoms with Gasteiger partial charge in [-0.2, -0.15) is 0 Å². The fraction of sp³-hybridized carbons (Fsp3) is 0.625. The first-order chi connectivity index (χ1) is 9.27. The van der Waals surface area contributed by atoms with Gasteiger partial charge in [0.1, 0.15) is 0 Å². The molecule has 0 aromatic heterocycles. The monoisotopic (exact) mass is 267 g/mol. The number of ether oxygens (including phenoxy) is 1. The van der Waals surface area contributed by atoms with Gasteiger partial charge >= 0.3 is 0 Å². The van der Waals surface area contributed by atoms with Crippen LogP contribution in [0.5, 0.6) is 5.75 Å². The molecule has 0 amide bonds. The molecule has 19 heavy (non-hydrogen) atoms. The van der Waals surface area contributed by atoms with Gasteiger partial charge in [0.15, 0.2) is 11.6 Å². The van der Waals surface area contributed by atoms with Gasteiger partial charge in [0, 0.05) is 6.54 Å². The van der Waals surface area contributed by atoms with Crippen LogP contribution in [0.4, 0.5) is 4.39 Å². The Balaban J connectivity index is 2.11.